The number of amides is 1. The van der Waals surface area contributed by atoms with Gasteiger partial charge in [0.05, 0.1) is 18.9 Å². The Morgan fingerprint density at radius 3 is 2.95 bits per heavy atom. The summed E-state index contributed by atoms with van der Waals surface area (Å²) in [5.74, 6) is -0.608. The maximum absolute atomic E-state index is 11.9. The minimum absolute atomic E-state index is 0.142. The van der Waals surface area contributed by atoms with Gasteiger partial charge in [0.15, 0.2) is 0 Å². The first-order valence-electron chi connectivity index (χ1n) is 7.34. The van der Waals surface area contributed by atoms with E-state index in [-0.39, 0.29) is 18.9 Å². The Balaban J connectivity index is 1.85. The zero-order valence-electron chi connectivity index (χ0n) is 12.2. The van der Waals surface area contributed by atoms with Crippen molar-refractivity contribution in [2.24, 2.45) is 5.92 Å². The number of ether oxygens (including phenoxy) is 1. The number of hydrogen-bond acceptors (Lipinski definition) is 3. The van der Waals surface area contributed by atoms with E-state index >= 15 is 0 Å². The highest BCUT2D eigenvalue weighted by Gasteiger charge is 2.18. The van der Waals surface area contributed by atoms with Crippen molar-refractivity contribution < 1.29 is 19.4 Å². The molecule has 1 aliphatic heterocycles. The van der Waals surface area contributed by atoms with Gasteiger partial charge in [0.2, 0.25) is 5.91 Å². The number of carbonyl (C=O) groups is 2. The van der Waals surface area contributed by atoms with Crippen molar-refractivity contribution in [2.75, 3.05) is 13.2 Å². The SMILES string of the molecule is CCCC(CNC(=O)Cc1ccc2c(c1)CCO2)C(=O)O. The molecule has 0 saturated carbocycles. The molecule has 0 spiro atoms. The maximum Gasteiger partial charge on any atom is 0.308 e. The first-order valence-corrected chi connectivity index (χ1v) is 7.34. The zero-order chi connectivity index (χ0) is 15.2. The highest BCUT2D eigenvalue weighted by molar-refractivity contribution is 5.79. The summed E-state index contributed by atoms with van der Waals surface area (Å²) in [6.45, 7) is 2.82. The topological polar surface area (TPSA) is 75.6 Å². The van der Waals surface area contributed by atoms with Crippen molar-refractivity contribution in [3.63, 3.8) is 0 Å². The molecular weight excluding hydrogens is 270 g/mol. The van der Waals surface area contributed by atoms with Gasteiger partial charge >= 0.3 is 5.97 Å². The molecule has 1 aromatic rings. The van der Waals surface area contributed by atoms with Crippen molar-refractivity contribution in [3.8, 4) is 5.75 Å². The predicted octanol–water partition coefficient (Wildman–Crippen LogP) is 1.78. The van der Waals surface area contributed by atoms with Crippen molar-refractivity contribution in [3.05, 3.63) is 29.3 Å². The summed E-state index contributed by atoms with van der Waals surface area (Å²) >= 11 is 0. The van der Waals surface area contributed by atoms with Crippen LogP contribution in [0.4, 0.5) is 0 Å². The molecule has 1 atom stereocenters. The molecular formula is C16H21NO4. The summed E-state index contributed by atoms with van der Waals surface area (Å²) in [6.07, 6.45) is 2.51. The van der Waals surface area contributed by atoms with Crippen LogP contribution in [0, 0.1) is 5.92 Å². The number of carboxylic acid groups (broad SMARTS) is 1. The minimum Gasteiger partial charge on any atom is -0.493 e. The van der Waals surface area contributed by atoms with Crippen LogP contribution in [0.5, 0.6) is 5.75 Å². The molecule has 1 aliphatic rings. The van der Waals surface area contributed by atoms with E-state index in [2.05, 4.69) is 5.32 Å². The quantitative estimate of drug-likeness (QED) is 0.803. The third-order valence-corrected chi connectivity index (χ3v) is 3.65. The van der Waals surface area contributed by atoms with Crippen LogP contribution in [0.3, 0.4) is 0 Å². The van der Waals surface area contributed by atoms with Crippen LogP contribution in [-0.2, 0) is 22.4 Å². The lowest BCUT2D eigenvalue weighted by Gasteiger charge is -2.12. The lowest BCUT2D eigenvalue weighted by atomic mass is 10.0. The van der Waals surface area contributed by atoms with Crippen LogP contribution < -0.4 is 10.1 Å². The summed E-state index contributed by atoms with van der Waals surface area (Å²) in [4.78, 5) is 22.9. The van der Waals surface area contributed by atoms with Crippen molar-refractivity contribution >= 4 is 11.9 Å². The number of aliphatic carboxylic acids is 1. The molecule has 1 heterocycles. The van der Waals surface area contributed by atoms with E-state index in [9.17, 15) is 9.59 Å². The van der Waals surface area contributed by atoms with E-state index < -0.39 is 11.9 Å². The Bertz CT molecular complexity index is 527. The van der Waals surface area contributed by atoms with Gasteiger partial charge in [-0.3, -0.25) is 9.59 Å². The van der Waals surface area contributed by atoms with Crippen molar-refractivity contribution in [2.45, 2.75) is 32.6 Å². The fourth-order valence-electron chi connectivity index (χ4n) is 2.50. The average molecular weight is 291 g/mol. The molecule has 2 N–H and O–H groups in total. The lowest BCUT2D eigenvalue weighted by molar-refractivity contribution is -0.141. The van der Waals surface area contributed by atoms with Crippen molar-refractivity contribution in [1.29, 1.82) is 0 Å². The molecule has 0 bridgehead atoms. The number of carbonyl (C=O) groups excluding carboxylic acids is 1. The number of hydrogen-bond donors (Lipinski definition) is 2. The van der Waals surface area contributed by atoms with Crippen LogP contribution in [-0.4, -0.2) is 30.1 Å². The maximum atomic E-state index is 11.9. The fourth-order valence-corrected chi connectivity index (χ4v) is 2.50. The third-order valence-electron chi connectivity index (χ3n) is 3.65. The Morgan fingerprint density at radius 1 is 1.43 bits per heavy atom. The number of nitrogens with one attached hydrogen (secondary N) is 1. The van der Waals surface area contributed by atoms with Crippen LogP contribution in [0.25, 0.3) is 0 Å². The van der Waals surface area contributed by atoms with Crippen LogP contribution in [0.2, 0.25) is 0 Å². The molecule has 0 aromatic heterocycles. The van der Waals surface area contributed by atoms with Crippen LogP contribution in [0.15, 0.2) is 18.2 Å². The normalized spacial score (nSPS) is 14.1. The van der Waals surface area contributed by atoms with Crippen molar-refractivity contribution in [1.82, 2.24) is 5.32 Å². The molecule has 0 radical (unpaired) electrons. The molecule has 114 valence electrons. The second kappa shape index (κ2) is 7.11. The number of carboxylic acids is 1. The number of fused-ring (bicyclic) bond motifs is 1. The van der Waals surface area contributed by atoms with Gasteiger partial charge in [-0.05, 0) is 23.6 Å². The summed E-state index contributed by atoms with van der Waals surface area (Å²) < 4.78 is 5.42. The first-order chi connectivity index (χ1) is 10.1. The average Bonchev–Trinajstić information content (AvgIpc) is 2.90. The highest BCUT2D eigenvalue weighted by Crippen LogP contribution is 2.25. The Labute approximate surface area is 124 Å². The van der Waals surface area contributed by atoms with Gasteiger partial charge in [-0.2, -0.15) is 0 Å². The van der Waals surface area contributed by atoms with Gasteiger partial charge in [-0.15, -0.1) is 0 Å². The van der Waals surface area contributed by atoms with E-state index in [0.29, 0.717) is 13.0 Å². The van der Waals surface area contributed by atoms with E-state index in [0.717, 1.165) is 29.7 Å². The lowest BCUT2D eigenvalue weighted by Crippen LogP contribution is -2.33. The molecule has 21 heavy (non-hydrogen) atoms. The molecule has 1 unspecified atom stereocenters. The molecule has 5 heteroatoms. The fraction of sp³-hybridized carbons (Fsp3) is 0.500. The van der Waals surface area contributed by atoms with Gasteiger partial charge in [0.25, 0.3) is 0 Å². The van der Waals surface area contributed by atoms with Gasteiger partial charge in [0, 0.05) is 13.0 Å². The second-order valence-corrected chi connectivity index (χ2v) is 5.35. The Morgan fingerprint density at radius 2 is 2.24 bits per heavy atom. The summed E-state index contributed by atoms with van der Waals surface area (Å²) in [5, 5.41) is 11.8. The van der Waals surface area contributed by atoms with Gasteiger partial charge in [0.1, 0.15) is 5.75 Å². The molecule has 1 aromatic carbocycles. The molecule has 1 amide bonds. The Hall–Kier alpha value is -2.04. The minimum atomic E-state index is -0.855. The van der Waals surface area contributed by atoms with E-state index in [4.69, 9.17) is 9.84 Å². The highest BCUT2D eigenvalue weighted by atomic mass is 16.5. The van der Waals surface area contributed by atoms with E-state index in [1.165, 1.54) is 0 Å². The summed E-state index contributed by atoms with van der Waals surface area (Å²) in [6, 6.07) is 5.76. The van der Waals surface area contributed by atoms with Crippen LogP contribution in [0.1, 0.15) is 30.9 Å². The predicted molar refractivity (Wildman–Crippen MR) is 78.4 cm³/mol. The monoisotopic (exact) mass is 291 g/mol. The summed E-state index contributed by atoms with van der Waals surface area (Å²) in [7, 11) is 0. The molecule has 0 aliphatic carbocycles. The number of benzene rings is 1. The van der Waals surface area contributed by atoms with E-state index in [1.54, 1.807) is 0 Å². The smallest absolute Gasteiger partial charge is 0.308 e. The van der Waals surface area contributed by atoms with Gasteiger partial charge in [-0.1, -0.05) is 25.5 Å². The summed E-state index contributed by atoms with van der Waals surface area (Å²) in [5.41, 5.74) is 2.06. The first kappa shape index (κ1) is 15.4. The standard InChI is InChI=1S/C16H21NO4/c1-2-3-13(16(19)20)10-17-15(18)9-11-4-5-14-12(8-11)6-7-21-14/h4-5,8,13H,2-3,6-7,9-10H2,1H3,(H,17,18)(H,19,20). The molecule has 0 saturated heterocycles. The number of rotatable bonds is 7. The van der Waals surface area contributed by atoms with Gasteiger partial charge in [-0.25, -0.2) is 0 Å². The molecule has 5 nitrogen and oxygen atoms in total. The van der Waals surface area contributed by atoms with Gasteiger partial charge < -0.3 is 15.2 Å². The largest absolute Gasteiger partial charge is 0.493 e. The zero-order valence-corrected chi connectivity index (χ0v) is 12.2. The van der Waals surface area contributed by atoms with Crippen LogP contribution >= 0.6 is 0 Å². The molecule has 0 fully saturated rings. The second-order valence-electron chi connectivity index (χ2n) is 5.35. The third kappa shape index (κ3) is 4.21. The Kier molecular flexibility index (Phi) is 5.20. The van der Waals surface area contributed by atoms with E-state index in [1.807, 2.05) is 25.1 Å². The molecule has 2 rings (SSSR count).